The van der Waals surface area contributed by atoms with E-state index in [4.69, 9.17) is 0 Å². The lowest BCUT2D eigenvalue weighted by Crippen LogP contribution is -2.49. The van der Waals surface area contributed by atoms with Crippen LogP contribution in [-0.4, -0.2) is 61.2 Å². The number of hydrogen-bond acceptors (Lipinski definition) is 3. The molecular formula is C15H29N3. The second-order valence-corrected chi connectivity index (χ2v) is 6.69. The molecule has 0 saturated carbocycles. The highest BCUT2D eigenvalue weighted by atomic mass is 15.3. The SMILES string of the molecule is CC1CNCC(N2CCC(N3CCCCC3)C2)C1. The smallest absolute Gasteiger partial charge is 0.0235 e. The van der Waals surface area contributed by atoms with E-state index < -0.39 is 0 Å². The summed E-state index contributed by atoms with van der Waals surface area (Å²) in [7, 11) is 0. The second-order valence-electron chi connectivity index (χ2n) is 6.69. The van der Waals surface area contributed by atoms with Gasteiger partial charge in [0.1, 0.15) is 0 Å². The highest BCUT2D eigenvalue weighted by molar-refractivity contribution is 4.90. The van der Waals surface area contributed by atoms with Crippen molar-refractivity contribution in [2.24, 2.45) is 5.92 Å². The van der Waals surface area contributed by atoms with Crippen molar-refractivity contribution >= 4 is 0 Å². The molecule has 0 radical (unpaired) electrons. The molecule has 3 saturated heterocycles. The first-order valence-corrected chi connectivity index (χ1v) is 8.02. The average Bonchev–Trinajstić information content (AvgIpc) is 2.89. The van der Waals surface area contributed by atoms with Gasteiger partial charge >= 0.3 is 0 Å². The third kappa shape index (κ3) is 2.89. The van der Waals surface area contributed by atoms with Crippen molar-refractivity contribution in [2.45, 2.75) is 51.1 Å². The molecule has 3 nitrogen and oxygen atoms in total. The van der Waals surface area contributed by atoms with Crippen LogP contribution in [0.25, 0.3) is 0 Å². The van der Waals surface area contributed by atoms with Crippen molar-refractivity contribution in [2.75, 3.05) is 39.3 Å². The maximum Gasteiger partial charge on any atom is 0.0235 e. The van der Waals surface area contributed by atoms with Crippen molar-refractivity contribution < 1.29 is 0 Å². The fraction of sp³-hybridized carbons (Fsp3) is 1.00. The molecule has 3 unspecified atom stereocenters. The Morgan fingerprint density at radius 3 is 2.50 bits per heavy atom. The number of nitrogens with one attached hydrogen (secondary N) is 1. The largest absolute Gasteiger partial charge is 0.315 e. The van der Waals surface area contributed by atoms with Gasteiger partial charge in [0, 0.05) is 31.7 Å². The third-order valence-corrected chi connectivity index (χ3v) is 5.17. The Balaban J connectivity index is 1.51. The number of likely N-dealkylation sites (tertiary alicyclic amines) is 2. The maximum absolute atomic E-state index is 3.60. The molecule has 18 heavy (non-hydrogen) atoms. The molecule has 0 spiro atoms. The van der Waals surface area contributed by atoms with E-state index >= 15 is 0 Å². The quantitative estimate of drug-likeness (QED) is 0.803. The Morgan fingerprint density at radius 1 is 0.889 bits per heavy atom. The minimum atomic E-state index is 0.809. The van der Waals surface area contributed by atoms with Crippen LogP contribution in [0.4, 0.5) is 0 Å². The fourth-order valence-corrected chi connectivity index (χ4v) is 4.09. The van der Waals surface area contributed by atoms with Gasteiger partial charge in [-0.25, -0.2) is 0 Å². The molecule has 3 fully saturated rings. The number of rotatable bonds is 2. The Bertz CT molecular complexity index is 262. The van der Waals surface area contributed by atoms with Gasteiger partial charge in [0.15, 0.2) is 0 Å². The van der Waals surface area contributed by atoms with E-state index in [1.807, 2.05) is 0 Å². The molecule has 0 aromatic rings. The van der Waals surface area contributed by atoms with Gasteiger partial charge in [-0.2, -0.15) is 0 Å². The van der Waals surface area contributed by atoms with Gasteiger partial charge in [0.2, 0.25) is 0 Å². The van der Waals surface area contributed by atoms with Gasteiger partial charge in [-0.1, -0.05) is 13.3 Å². The van der Waals surface area contributed by atoms with Gasteiger partial charge < -0.3 is 5.32 Å². The normalized spacial score (nSPS) is 40.2. The molecule has 3 heterocycles. The van der Waals surface area contributed by atoms with Crippen LogP contribution in [0.5, 0.6) is 0 Å². The molecule has 3 aliphatic rings. The minimum Gasteiger partial charge on any atom is -0.315 e. The fourth-order valence-electron chi connectivity index (χ4n) is 4.09. The summed E-state index contributed by atoms with van der Waals surface area (Å²) >= 11 is 0. The standard InChI is InChI=1S/C15H29N3/c1-13-9-15(11-16-10-13)18-8-5-14(12-18)17-6-3-2-4-7-17/h13-16H,2-12H2,1H3. The van der Waals surface area contributed by atoms with E-state index in [2.05, 4.69) is 22.0 Å². The van der Waals surface area contributed by atoms with Crippen LogP contribution in [0.15, 0.2) is 0 Å². The molecular weight excluding hydrogens is 222 g/mol. The summed E-state index contributed by atoms with van der Waals surface area (Å²) in [4.78, 5) is 5.53. The third-order valence-electron chi connectivity index (χ3n) is 5.17. The summed E-state index contributed by atoms with van der Waals surface area (Å²) in [5.41, 5.74) is 0. The predicted octanol–water partition coefficient (Wildman–Crippen LogP) is 1.54. The first-order chi connectivity index (χ1) is 8.83. The Hall–Kier alpha value is -0.120. The summed E-state index contributed by atoms with van der Waals surface area (Å²) in [6.07, 6.45) is 7.12. The van der Waals surface area contributed by atoms with E-state index in [-0.39, 0.29) is 0 Å². The lowest BCUT2D eigenvalue weighted by Gasteiger charge is -2.36. The molecule has 0 aliphatic carbocycles. The number of piperidine rings is 2. The van der Waals surface area contributed by atoms with E-state index in [1.165, 1.54) is 71.4 Å². The molecule has 0 amide bonds. The van der Waals surface area contributed by atoms with E-state index in [0.29, 0.717) is 0 Å². The van der Waals surface area contributed by atoms with Crippen molar-refractivity contribution in [1.82, 2.24) is 15.1 Å². The van der Waals surface area contributed by atoms with E-state index in [1.54, 1.807) is 0 Å². The van der Waals surface area contributed by atoms with Crippen LogP contribution in [0, 0.1) is 5.92 Å². The van der Waals surface area contributed by atoms with Crippen molar-refractivity contribution in [3.8, 4) is 0 Å². The van der Waals surface area contributed by atoms with Gasteiger partial charge in [0.05, 0.1) is 0 Å². The lowest BCUT2D eigenvalue weighted by atomic mass is 9.97. The van der Waals surface area contributed by atoms with Gasteiger partial charge in [0.25, 0.3) is 0 Å². The second kappa shape index (κ2) is 5.89. The van der Waals surface area contributed by atoms with Crippen LogP contribution >= 0.6 is 0 Å². The summed E-state index contributed by atoms with van der Waals surface area (Å²) < 4.78 is 0. The lowest BCUT2D eigenvalue weighted by molar-refractivity contribution is 0.135. The van der Waals surface area contributed by atoms with Crippen molar-refractivity contribution in [3.05, 3.63) is 0 Å². The first-order valence-electron chi connectivity index (χ1n) is 8.02. The first kappa shape index (κ1) is 12.9. The molecule has 3 atom stereocenters. The van der Waals surface area contributed by atoms with Crippen LogP contribution in [0.3, 0.4) is 0 Å². The summed E-state index contributed by atoms with van der Waals surface area (Å²) in [6.45, 7) is 10.2. The number of nitrogens with zero attached hydrogens (tertiary/aromatic N) is 2. The molecule has 3 aliphatic heterocycles. The van der Waals surface area contributed by atoms with Gasteiger partial charge in [-0.05, 0) is 51.2 Å². The van der Waals surface area contributed by atoms with Gasteiger partial charge in [-0.3, -0.25) is 9.80 Å². The zero-order valence-corrected chi connectivity index (χ0v) is 11.9. The minimum absolute atomic E-state index is 0.809. The average molecular weight is 251 g/mol. The highest BCUT2D eigenvalue weighted by Gasteiger charge is 2.33. The highest BCUT2D eigenvalue weighted by Crippen LogP contribution is 2.24. The molecule has 0 aromatic heterocycles. The molecule has 3 heteroatoms. The summed E-state index contributed by atoms with van der Waals surface area (Å²) in [5.74, 6) is 0.859. The van der Waals surface area contributed by atoms with Crippen molar-refractivity contribution in [3.63, 3.8) is 0 Å². The van der Waals surface area contributed by atoms with Crippen LogP contribution < -0.4 is 5.32 Å². The Labute approximate surface area is 112 Å². The molecule has 3 rings (SSSR count). The van der Waals surface area contributed by atoms with Crippen LogP contribution in [-0.2, 0) is 0 Å². The summed E-state index contributed by atoms with van der Waals surface area (Å²) in [5, 5.41) is 3.60. The maximum atomic E-state index is 3.60. The monoisotopic (exact) mass is 251 g/mol. The zero-order chi connectivity index (χ0) is 12.4. The molecule has 0 bridgehead atoms. The van der Waals surface area contributed by atoms with E-state index in [0.717, 1.165) is 18.0 Å². The molecule has 104 valence electrons. The Kier molecular flexibility index (Phi) is 4.22. The van der Waals surface area contributed by atoms with Crippen molar-refractivity contribution in [1.29, 1.82) is 0 Å². The van der Waals surface area contributed by atoms with Crippen LogP contribution in [0.2, 0.25) is 0 Å². The Morgan fingerprint density at radius 2 is 1.72 bits per heavy atom. The molecule has 1 N–H and O–H groups in total. The van der Waals surface area contributed by atoms with Crippen LogP contribution in [0.1, 0.15) is 39.0 Å². The number of hydrogen-bond donors (Lipinski definition) is 1. The summed E-state index contributed by atoms with van der Waals surface area (Å²) in [6, 6.07) is 1.67. The molecule has 0 aromatic carbocycles. The topological polar surface area (TPSA) is 18.5 Å². The van der Waals surface area contributed by atoms with Gasteiger partial charge in [-0.15, -0.1) is 0 Å². The predicted molar refractivity (Wildman–Crippen MR) is 75.8 cm³/mol. The van der Waals surface area contributed by atoms with E-state index in [9.17, 15) is 0 Å². The zero-order valence-electron chi connectivity index (χ0n) is 11.9.